The molecular weight excluding hydrogens is 428 g/mol. The predicted molar refractivity (Wildman–Crippen MR) is 128 cm³/mol. The number of anilines is 1. The number of ketones is 1. The molecule has 3 aromatic rings. The van der Waals surface area contributed by atoms with Gasteiger partial charge in [-0.05, 0) is 18.4 Å². The van der Waals surface area contributed by atoms with Crippen LogP contribution in [0.25, 0.3) is 11.3 Å². The van der Waals surface area contributed by atoms with Crippen molar-refractivity contribution in [1.29, 1.82) is 5.26 Å². The van der Waals surface area contributed by atoms with Gasteiger partial charge in [0.15, 0.2) is 5.78 Å². The van der Waals surface area contributed by atoms with E-state index in [2.05, 4.69) is 21.7 Å². The summed E-state index contributed by atoms with van der Waals surface area (Å²) in [6.07, 6.45) is 1.69. The predicted octanol–water partition coefficient (Wildman–Crippen LogP) is 3.56. The Morgan fingerprint density at radius 3 is 2.47 bits per heavy atom. The van der Waals surface area contributed by atoms with Crippen LogP contribution in [-0.2, 0) is 4.79 Å². The van der Waals surface area contributed by atoms with E-state index in [0.29, 0.717) is 41.9 Å². The van der Waals surface area contributed by atoms with Crippen molar-refractivity contribution in [1.82, 2.24) is 15.2 Å². The number of benzene rings is 2. The molecule has 0 spiro atoms. The minimum Gasteiger partial charge on any atom is -0.383 e. The normalized spacial score (nSPS) is 17.9. The molecular formula is C26H22N6O2. The molecule has 2 heterocycles. The number of H-pyrrole nitrogens is 1. The molecule has 34 heavy (non-hydrogen) atoms. The fraction of sp³-hybridized carbons (Fsp3) is 0.154. The van der Waals surface area contributed by atoms with E-state index in [4.69, 9.17) is 5.73 Å². The number of rotatable bonds is 4. The number of Topliss-reactive ketones (excluding diaryl/α,β-unsaturated/α-hetero) is 1. The summed E-state index contributed by atoms with van der Waals surface area (Å²) in [5.74, 6) is -0.337. The summed E-state index contributed by atoms with van der Waals surface area (Å²) in [7, 11) is 0. The Morgan fingerprint density at radius 1 is 1.06 bits per heavy atom. The Balaban J connectivity index is 1.66. The van der Waals surface area contributed by atoms with Gasteiger partial charge in [0, 0.05) is 29.3 Å². The number of nitriles is 1. The van der Waals surface area contributed by atoms with Crippen molar-refractivity contribution in [3.05, 3.63) is 105 Å². The van der Waals surface area contributed by atoms with Crippen LogP contribution in [0.5, 0.6) is 0 Å². The van der Waals surface area contributed by atoms with E-state index in [1.54, 1.807) is 5.01 Å². The quantitative estimate of drug-likeness (QED) is 0.554. The summed E-state index contributed by atoms with van der Waals surface area (Å²) < 4.78 is 0. The van der Waals surface area contributed by atoms with Crippen LogP contribution in [-0.4, -0.2) is 21.0 Å². The lowest BCUT2D eigenvalue weighted by Crippen LogP contribution is -2.42. The molecule has 4 N–H and O–H groups in total. The molecule has 1 unspecified atom stereocenters. The fourth-order valence-corrected chi connectivity index (χ4v) is 4.62. The fourth-order valence-electron chi connectivity index (χ4n) is 4.62. The van der Waals surface area contributed by atoms with Crippen LogP contribution in [0.2, 0.25) is 0 Å². The molecule has 8 nitrogen and oxygen atoms in total. The summed E-state index contributed by atoms with van der Waals surface area (Å²) in [5, 5.41) is 18.4. The SMILES string of the molecule is N#CC1=C(N)N(Nc2cc(=O)[nH]nc2-c2ccccc2)C2=C(C(=O)CCC2)C1c1ccccc1. The average Bonchev–Trinajstić information content (AvgIpc) is 2.86. The molecule has 2 aliphatic rings. The van der Waals surface area contributed by atoms with Crippen molar-refractivity contribution in [3.8, 4) is 17.3 Å². The van der Waals surface area contributed by atoms with Gasteiger partial charge in [0.05, 0.1) is 23.2 Å². The highest BCUT2D eigenvalue weighted by atomic mass is 16.1. The second-order valence-electron chi connectivity index (χ2n) is 8.20. The van der Waals surface area contributed by atoms with Crippen LogP contribution in [0.15, 0.2) is 94.2 Å². The lowest BCUT2D eigenvalue weighted by Gasteiger charge is -2.39. The summed E-state index contributed by atoms with van der Waals surface area (Å²) in [4.78, 5) is 25.3. The van der Waals surface area contributed by atoms with Crippen molar-refractivity contribution >= 4 is 11.5 Å². The van der Waals surface area contributed by atoms with Gasteiger partial charge in [-0.3, -0.25) is 15.0 Å². The molecule has 0 bridgehead atoms. The number of nitrogens with one attached hydrogen (secondary N) is 2. The van der Waals surface area contributed by atoms with Gasteiger partial charge >= 0.3 is 0 Å². The first-order valence-corrected chi connectivity index (χ1v) is 11.0. The molecule has 1 atom stereocenters. The molecule has 1 aromatic heterocycles. The van der Waals surface area contributed by atoms with Crippen LogP contribution in [0.4, 0.5) is 5.69 Å². The second-order valence-corrected chi connectivity index (χ2v) is 8.20. The van der Waals surface area contributed by atoms with Crippen molar-refractivity contribution in [2.75, 3.05) is 5.43 Å². The van der Waals surface area contributed by atoms with E-state index in [1.807, 2.05) is 60.7 Å². The lowest BCUT2D eigenvalue weighted by atomic mass is 9.76. The average molecular weight is 451 g/mol. The first kappa shape index (κ1) is 21.2. The van der Waals surface area contributed by atoms with Crippen LogP contribution in [0.1, 0.15) is 30.7 Å². The van der Waals surface area contributed by atoms with E-state index < -0.39 is 11.5 Å². The summed E-state index contributed by atoms with van der Waals surface area (Å²) in [6, 6.07) is 22.5. The van der Waals surface area contributed by atoms with Gasteiger partial charge in [0.25, 0.3) is 5.56 Å². The molecule has 5 rings (SSSR count). The highest BCUT2D eigenvalue weighted by Crippen LogP contribution is 2.44. The number of hydrazine groups is 1. The highest BCUT2D eigenvalue weighted by molar-refractivity contribution is 6.00. The molecule has 0 radical (unpaired) electrons. The number of nitrogens with zero attached hydrogens (tertiary/aromatic N) is 3. The molecule has 2 aromatic carbocycles. The smallest absolute Gasteiger partial charge is 0.266 e. The van der Waals surface area contributed by atoms with Crippen molar-refractivity contribution in [3.63, 3.8) is 0 Å². The van der Waals surface area contributed by atoms with Gasteiger partial charge in [-0.1, -0.05) is 60.7 Å². The molecule has 0 amide bonds. The van der Waals surface area contributed by atoms with E-state index in [1.165, 1.54) is 6.07 Å². The third-order valence-corrected chi connectivity index (χ3v) is 6.13. The maximum Gasteiger partial charge on any atom is 0.266 e. The molecule has 0 saturated carbocycles. The van der Waals surface area contributed by atoms with Gasteiger partial charge in [0.1, 0.15) is 11.5 Å². The maximum atomic E-state index is 13.2. The minimum atomic E-state index is -0.530. The topological polar surface area (TPSA) is 128 Å². The Labute approximate surface area is 196 Å². The first-order valence-electron chi connectivity index (χ1n) is 11.0. The zero-order valence-corrected chi connectivity index (χ0v) is 18.3. The summed E-state index contributed by atoms with van der Waals surface area (Å²) in [6.45, 7) is 0. The largest absolute Gasteiger partial charge is 0.383 e. The number of carbonyl (C=O) groups excluding carboxylic acids is 1. The zero-order chi connectivity index (χ0) is 23.7. The number of carbonyl (C=O) groups is 1. The van der Waals surface area contributed by atoms with Crippen molar-refractivity contribution < 1.29 is 4.79 Å². The molecule has 8 heteroatoms. The third kappa shape index (κ3) is 3.63. The molecule has 1 aliphatic heterocycles. The van der Waals surface area contributed by atoms with Crippen molar-refractivity contribution in [2.45, 2.75) is 25.2 Å². The Morgan fingerprint density at radius 2 is 1.76 bits per heavy atom. The van der Waals surface area contributed by atoms with Crippen LogP contribution < -0.4 is 16.7 Å². The summed E-state index contributed by atoms with van der Waals surface area (Å²) >= 11 is 0. The number of aromatic nitrogens is 2. The van der Waals surface area contributed by atoms with Gasteiger partial charge in [-0.25, -0.2) is 10.1 Å². The Hall–Kier alpha value is -4.64. The Kier molecular flexibility index (Phi) is 5.44. The monoisotopic (exact) mass is 450 g/mol. The van der Waals surface area contributed by atoms with E-state index in [0.717, 1.165) is 11.1 Å². The van der Waals surface area contributed by atoms with Crippen molar-refractivity contribution in [2.24, 2.45) is 5.73 Å². The van der Waals surface area contributed by atoms with Gasteiger partial charge in [-0.2, -0.15) is 10.4 Å². The molecule has 0 fully saturated rings. The number of hydrogen-bond acceptors (Lipinski definition) is 7. The van der Waals surface area contributed by atoms with E-state index in [-0.39, 0.29) is 17.2 Å². The Bertz CT molecular complexity index is 1420. The zero-order valence-electron chi connectivity index (χ0n) is 18.3. The van der Waals surface area contributed by atoms with Crippen LogP contribution in [0, 0.1) is 11.3 Å². The van der Waals surface area contributed by atoms with Gasteiger partial charge < -0.3 is 5.73 Å². The third-order valence-electron chi connectivity index (χ3n) is 6.13. The number of allylic oxidation sites excluding steroid dienone is 3. The summed E-state index contributed by atoms with van der Waals surface area (Å²) in [5.41, 5.74) is 13.5. The second kappa shape index (κ2) is 8.71. The lowest BCUT2D eigenvalue weighted by molar-refractivity contribution is -0.116. The van der Waals surface area contributed by atoms with Crippen LogP contribution in [0.3, 0.4) is 0 Å². The maximum absolute atomic E-state index is 13.2. The van der Waals surface area contributed by atoms with E-state index >= 15 is 0 Å². The molecule has 0 saturated heterocycles. The molecule has 168 valence electrons. The van der Waals surface area contributed by atoms with E-state index in [9.17, 15) is 14.9 Å². The standard InChI is InChI=1S/C26H22N6O2/c27-15-18-23(16-8-3-1-4-9-16)24-20(12-7-13-21(24)33)32(26(18)28)31-19-14-22(34)29-30-25(19)17-10-5-2-6-11-17/h1-6,8-11,14,23H,7,12-13,28H2,(H2,29,31,34). The minimum absolute atomic E-state index is 0.00512. The van der Waals surface area contributed by atoms with Gasteiger partial charge in [0.2, 0.25) is 0 Å². The number of aromatic amines is 1. The van der Waals surface area contributed by atoms with Gasteiger partial charge in [-0.15, -0.1) is 0 Å². The number of hydrogen-bond donors (Lipinski definition) is 3. The highest BCUT2D eigenvalue weighted by Gasteiger charge is 2.40. The first-order chi connectivity index (χ1) is 16.6. The number of nitrogens with two attached hydrogens (primary N) is 1. The van der Waals surface area contributed by atoms with Crippen LogP contribution >= 0.6 is 0 Å². The molecule has 1 aliphatic carbocycles.